The van der Waals surface area contributed by atoms with Crippen LogP contribution in [0.3, 0.4) is 0 Å². The zero-order valence-electron chi connectivity index (χ0n) is 29.0. The van der Waals surface area contributed by atoms with Crippen LogP contribution in [-0.4, -0.2) is 74.5 Å². The molecule has 0 saturated carbocycles. The second-order valence-corrected chi connectivity index (χ2v) is 12.8. The van der Waals surface area contributed by atoms with E-state index >= 15 is 0 Å². The van der Waals surface area contributed by atoms with Gasteiger partial charge in [0.05, 0.1) is 65.1 Å². The summed E-state index contributed by atoms with van der Waals surface area (Å²) in [4.78, 5) is 0. The van der Waals surface area contributed by atoms with Gasteiger partial charge in [0.25, 0.3) is 0 Å². The predicted molar refractivity (Wildman–Crippen MR) is 184 cm³/mol. The number of aliphatic hydroxyl groups excluding tert-OH is 2. The van der Waals surface area contributed by atoms with Crippen LogP contribution < -0.4 is 9.47 Å². The molecular weight excluding hydrogens is 612 g/mol. The summed E-state index contributed by atoms with van der Waals surface area (Å²) in [5, 5.41) is 22.5. The number of aliphatic hydroxyl groups is 2. The molecule has 1 aliphatic rings. The fraction of sp³-hybridized carbons (Fsp3) is 0.487. The average molecular weight is 665 g/mol. The zero-order chi connectivity index (χ0) is 34.6. The fourth-order valence-corrected chi connectivity index (χ4v) is 6.04. The van der Waals surface area contributed by atoms with Crippen LogP contribution in [0.15, 0.2) is 91.0 Å². The van der Waals surface area contributed by atoms with Crippen LogP contribution in [0.5, 0.6) is 11.5 Å². The second-order valence-electron chi connectivity index (χ2n) is 12.8. The minimum absolute atomic E-state index is 0.213. The molecule has 1 heterocycles. The second kappa shape index (κ2) is 17.9. The molecule has 3 aromatic rings. The quantitative estimate of drug-likeness (QED) is 0.121. The van der Waals surface area contributed by atoms with Crippen LogP contribution in [0.2, 0.25) is 0 Å². The topological polar surface area (TPSA) is 105 Å². The number of hydrogen-bond donors (Lipinski definition) is 2. The van der Waals surface area contributed by atoms with Crippen LogP contribution in [0.1, 0.15) is 50.3 Å². The maximum Gasteiger partial charge on any atom is 0.205 e. The highest BCUT2D eigenvalue weighted by atomic mass is 16.7. The van der Waals surface area contributed by atoms with Crippen LogP contribution in [0.4, 0.5) is 0 Å². The van der Waals surface area contributed by atoms with Gasteiger partial charge >= 0.3 is 0 Å². The van der Waals surface area contributed by atoms with Gasteiger partial charge in [0, 0.05) is 25.4 Å². The predicted octanol–water partition coefficient (Wildman–Crippen LogP) is 6.24. The first-order valence-electron chi connectivity index (χ1n) is 16.5. The van der Waals surface area contributed by atoms with Gasteiger partial charge in [-0.05, 0) is 47.9 Å². The van der Waals surface area contributed by atoms with Crippen molar-refractivity contribution >= 4 is 0 Å². The third kappa shape index (κ3) is 9.89. The molecule has 4 rings (SSSR count). The SMILES string of the molecule is COc1ccc(COC/C=C/C(C)(C)[C@]2(OC)OC(C[C@@H](OCc3ccc(OC)cc3)[C@@H](C)OCc3ccccc3)C[C@H](O)[C@@H]2O)cc1. The molecule has 9 nitrogen and oxygen atoms in total. The summed E-state index contributed by atoms with van der Waals surface area (Å²) >= 11 is 0. The Bertz CT molecular complexity index is 1380. The van der Waals surface area contributed by atoms with E-state index in [9.17, 15) is 10.2 Å². The number of rotatable bonds is 18. The zero-order valence-corrected chi connectivity index (χ0v) is 29.0. The monoisotopic (exact) mass is 664 g/mol. The van der Waals surface area contributed by atoms with Gasteiger partial charge in [-0.25, -0.2) is 0 Å². The van der Waals surface area contributed by atoms with Crippen LogP contribution >= 0.6 is 0 Å². The van der Waals surface area contributed by atoms with Gasteiger partial charge in [-0.15, -0.1) is 0 Å². The molecular formula is C39H52O9. The van der Waals surface area contributed by atoms with Crippen molar-refractivity contribution in [1.82, 2.24) is 0 Å². The molecule has 0 spiro atoms. The third-order valence-electron chi connectivity index (χ3n) is 8.98. The minimum Gasteiger partial charge on any atom is -0.497 e. The summed E-state index contributed by atoms with van der Waals surface area (Å²) in [6.07, 6.45) is 0.867. The number of methoxy groups -OCH3 is 3. The highest BCUT2D eigenvalue weighted by Crippen LogP contribution is 2.45. The summed E-state index contributed by atoms with van der Waals surface area (Å²) in [5.41, 5.74) is 2.23. The summed E-state index contributed by atoms with van der Waals surface area (Å²) in [5.74, 6) is 0.0340. The van der Waals surface area contributed by atoms with Crippen molar-refractivity contribution in [3.8, 4) is 11.5 Å². The van der Waals surface area contributed by atoms with E-state index in [2.05, 4.69) is 0 Å². The van der Waals surface area contributed by atoms with Gasteiger partial charge in [0.1, 0.15) is 17.6 Å². The van der Waals surface area contributed by atoms with Gasteiger partial charge in [-0.3, -0.25) is 0 Å². The molecule has 1 saturated heterocycles. The van der Waals surface area contributed by atoms with Crippen molar-refractivity contribution in [2.24, 2.45) is 5.41 Å². The Morgan fingerprint density at radius 1 is 0.812 bits per heavy atom. The highest BCUT2D eigenvalue weighted by molar-refractivity contribution is 5.27. The molecule has 0 amide bonds. The van der Waals surface area contributed by atoms with Gasteiger partial charge < -0.3 is 43.4 Å². The Kier molecular flexibility index (Phi) is 14.0. The van der Waals surface area contributed by atoms with E-state index in [1.165, 1.54) is 7.11 Å². The first-order valence-corrected chi connectivity index (χ1v) is 16.5. The summed E-state index contributed by atoms with van der Waals surface area (Å²) in [7, 11) is 4.77. The van der Waals surface area contributed by atoms with Crippen molar-refractivity contribution in [3.63, 3.8) is 0 Å². The molecule has 2 N–H and O–H groups in total. The van der Waals surface area contributed by atoms with Gasteiger partial charge in [0.2, 0.25) is 5.79 Å². The molecule has 0 radical (unpaired) electrons. The normalized spacial score (nSPS) is 22.8. The number of benzene rings is 3. The van der Waals surface area contributed by atoms with Gasteiger partial charge in [-0.1, -0.05) is 80.6 Å². The lowest BCUT2D eigenvalue weighted by atomic mass is 9.75. The Balaban J connectivity index is 1.45. The molecule has 3 aromatic carbocycles. The lowest BCUT2D eigenvalue weighted by molar-refractivity contribution is -0.367. The van der Waals surface area contributed by atoms with Crippen molar-refractivity contribution in [2.45, 2.75) is 89.7 Å². The summed E-state index contributed by atoms with van der Waals surface area (Å²) in [6, 6.07) is 25.4. The molecule has 1 aliphatic heterocycles. The first kappa shape index (κ1) is 37.5. The largest absolute Gasteiger partial charge is 0.497 e. The molecule has 1 fully saturated rings. The van der Waals surface area contributed by atoms with Gasteiger partial charge in [-0.2, -0.15) is 0 Å². The van der Waals surface area contributed by atoms with E-state index in [1.54, 1.807) is 14.2 Å². The van der Waals surface area contributed by atoms with Crippen molar-refractivity contribution in [2.75, 3.05) is 27.9 Å². The van der Waals surface area contributed by atoms with E-state index < -0.39 is 29.5 Å². The Morgan fingerprint density at radius 2 is 1.38 bits per heavy atom. The molecule has 48 heavy (non-hydrogen) atoms. The Labute approximate surface area is 285 Å². The maximum atomic E-state index is 11.3. The lowest BCUT2D eigenvalue weighted by Crippen LogP contribution is -2.65. The van der Waals surface area contributed by atoms with Crippen LogP contribution in [-0.2, 0) is 43.5 Å². The molecule has 6 atom stereocenters. The molecule has 0 aliphatic carbocycles. The summed E-state index contributed by atoms with van der Waals surface area (Å²) in [6.45, 7) is 7.37. The minimum atomic E-state index is -1.53. The summed E-state index contributed by atoms with van der Waals surface area (Å²) < 4.78 is 41.8. The standard InChI is InChI=1S/C39H52O9/c1-28(46-26-29-11-8-7-9-12-29)36(47-27-31-15-19-33(43-5)20-16-31)24-34-23-35(40)37(41)39(44-6,48-34)38(2,3)21-10-22-45-25-30-13-17-32(42-4)18-14-30/h7-21,28,34-37,40-41H,22-27H2,1-6H3/b21-10+/t28-,34?,35+,36-,37+,39-/m1/s1. The molecule has 262 valence electrons. The Hall–Kier alpha value is -3.28. The average Bonchev–Trinajstić information content (AvgIpc) is 3.11. The number of hydrogen-bond acceptors (Lipinski definition) is 9. The Morgan fingerprint density at radius 3 is 1.96 bits per heavy atom. The molecule has 9 heteroatoms. The van der Waals surface area contributed by atoms with Crippen molar-refractivity contribution in [3.05, 3.63) is 108 Å². The van der Waals surface area contributed by atoms with E-state index in [4.69, 9.17) is 33.2 Å². The van der Waals surface area contributed by atoms with Gasteiger partial charge in [0.15, 0.2) is 0 Å². The smallest absolute Gasteiger partial charge is 0.205 e. The first-order chi connectivity index (χ1) is 23.1. The van der Waals surface area contributed by atoms with Crippen LogP contribution in [0.25, 0.3) is 0 Å². The maximum absolute atomic E-state index is 11.3. The van der Waals surface area contributed by atoms with Crippen molar-refractivity contribution in [1.29, 1.82) is 0 Å². The molecule has 1 unspecified atom stereocenters. The lowest BCUT2D eigenvalue weighted by Gasteiger charge is -2.53. The van der Waals surface area contributed by atoms with E-state index in [0.29, 0.717) is 32.8 Å². The van der Waals surface area contributed by atoms with E-state index in [0.717, 1.165) is 28.2 Å². The van der Waals surface area contributed by atoms with Crippen molar-refractivity contribution < 1.29 is 43.4 Å². The van der Waals surface area contributed by atoms with E-state index in [1.807, 2.05) is 112 Å². The molecule has 0 bridgehead atoms. The number of ether oxygens (including phenoxy) is 7. The van der Waals surface area contributed by atoms with Crippen LogP contribution in [0, 0.1) is 5.41 Å². The third-order valence-corrected chi connectivity index (χ3v) is 8.98. The highest BCUT2D eigenvalue weighted by Gasteiger charge is 2.58. The fourth-order valence-electron chi connectivity index (χ4n) is 6.04. The molecule has 0 aromatic heterocycles. The van der Waals surface area contributed by atoms with E-state index in [-0.39, 0.29) is 18.6 Å².